The fourth-order valence-electron chi connectivity index (χ4n) is 0.665. The maximum absolute atomic E-state index is 5.41. The Morgan fingerprint density at radius 1 is 1.50 bits per heavy atom. The highest BCUT2D eigenvalue weighted by Gasteiger charge is 2.13. The normalized spacial score (nSPS) is 32.5. The molecular formula is C3H11N7. The van der Waals surface area contributed by atoms with Crippen LogP contribution in [0.5, 0.6) is 0 Å². The van der Waals surface area contributed by atoms with E-state index in [9.17, 15) is 0 Å². The maximum atomic E-state index is 5.41. The van der Waals surface area contributed by atoms with E-state index in [4.69, 9.17) is 17.3 Å². The summed E-state index contributed by atoms with van der Waals surface area (Å²) in [6, 6.07) is 0. The lowest BCUT2D eigenvalue weighted by Crippen LogP contribution is -2.64. The summed E-state index contributed by atoms with van der Waals surface area (Å²) in [4.78, 5) is 3.81. The van der Waals surface area contributed by atoms with Crippen LogP contribution in [0.25, 0.3) is 0 Å². The molecule has 10 heavy (non-hydrogen) atoms. The third-order valence-corrected chi connectivity index (χ3v) is 1.05. The summed E-state index contributed by atoms with van der Waals surface area (Å²) in [6.45, 7) is 0. The number of hydrogen-bond donors (Lipinski definition) is 6. The predicted molar refractivity (Wildman–Crippen MR) is 37.0 cm³/mol. The van der Waals surface area contributed by atoms with Crippen molar-refractivity contribution in [3.63, 3.8) is 0 Å². The van der Waals surface area contributed by atoms with Crippen LogP contribution in [0, 0.1) is 0 Å². The van der Waals surface area contributed by atoms with Gasteiger partial charge in [-0.2, -0.15) is 0 Å². The van der Waals surface area contributed by atoms with Gasteiger partial charge < -0.3 is 5.32 Å². The van der Waals surface area contributed by atoms with Gasteiger partial charge in [-0.05, 0) is 0 Å². The Balaban J connectivity index is 2.56. The molecule has 0 bridgehead atoms. The predicted octanol–water partition coefficient (Wildman–Crippen LogP) is -3.52. The number of nitrogens with zero attached hydrogens (tertiary/aromatic N) is 1. The van der Waals surface area contributed by atoms with Gasteiger partial charge >= 0.3 is 0 Å². The van der Waals surface area contributed by atoms with Crippen molar-refractivity contribution >= 4 is 5.96 Å². The molecule has 0 aromatic rings. The minimum Gasteiger partial charge on any atom is -0.327 e. The molecule has 1 aliphatic rings. The van der Waals surface area contributed by atoms with E-state index in [1.165, 1.54) is 0 Å². The molecule has 7 heteroatoms. The van der Waals surface area contributed by atoms with Crippen molar-refractivity contribution in [1.82, 2.24) is 16.1 Å². The van der Waals surface area contributed by atoms with E-state index in [1.807, 2.05) is 0 Å². The average molecular weight is 145 g/mol. The highest BCUT2D eigenvalue weighted by Crippen LogP contribution is 1.82. The lowest BCUT2D eigenvalue weighted by molar-refractivity contribution is 0.399. The van der Waals surface area contributed by atoms with E-state index < -0.39 is 12.6 Å². The molecule has 0 aliphatic carbocycles. The molecule has 7 nitrogen and oxygen atoms in total. The van der Waals surface area contributed by atoms with Crippen molar-refractivity contribution in [3.05, 3.63) is 0 Å². The molecule has 0 spiro atoms. The molecule has 0 aromatic heterocycles. The van der Waals surface area contributed by atoms with Gasteiger partial charge in [0.05, 0.1) is 0 Å². The molecule has 2 unspecified atom stereocenters. The summed E-state index contributed by atoms with van der Waals surface area (Å²) >= 11 is 0. The van der Waals surface area contributed by atoms with Gasteiger partial charge in [-0.1, -0.05) is 0 Å². The summed E-state index contributed by atoms with van der Waals surface area (Å²) < 4.78 is 0. The fourth-order valence-corrected chi connectivity index (χ4v) is 0.665. The van der Waals surface area contributed by atoms with Gasteiger partial charge in [0.15, 0.2) is 6.29 Å². The molecule has 1 rings (SSSR count). The average Bonchev–Trinajstić information content (AvgIpc) is 1.85. The Labute approximate surface area is 58.0 Å². The molecule has 1 heterocycles. The molecule has 1 aliphatic heterocycles. The topological polar surface area (TPSA) is 127 Å². The largest absolute Gasteiger partial charge is 0.327 e. The highest BCUT2D eigenvalue weighted by molar-refractivity contribution is 5.79. The number of hydrogen-bond acceptors (Lipinski definition) is 7. The number of aliphatic imine (C=N–C) groups is 1. The Morgan fingerprint density at radius 2 is 2.20 bits per heavy atom. The van der Waals surface area contributed by atoms with E-state index in [2.05, 4.69) is 21.1 Å². The van der Waals surface area contributed by atoms with Crippen molar-refractivity contribution in [1.29, 1.82) is 0 Å². The molecule has 9 N–H and O–H groups in total. The molecule has 0 amide bonds. The van der Waals surface area contributed by atoms with Gasteiger partial charge in [0.1, 0.15) is 6.29 Å². The second kappa shape index (κ2) is 2.80. The van der Waals surface area contributed by atoms with Crippen molar-refractivity contribution in [2.75, 3.05) is 0 Å². The van der Waals surface area contributed by atoms with Crippen molar-refractivity contribution < 1.29 is 0 Å². The molecule has 0 radical (unpaired) electrons. The maximum Gasteiger partial charge on any atom is 0.210 e. The monoisotopic (exact) mass is 145 g/mol. The van der Waals surface area contributed by atoms with E-state index in [-0.39, 0.29) is 0 Å². The number of nitrogens with two attached hydrogens (primary N) is 3. The molecule has 0 fully saturated rings. The van der Waals surface area contributed by atoms with Crippen LogP contribution in [0.1, 0.15) is 0 Å². The van der Waals surface area contributed by atoms with Gasteiger partial charge in [0.2, 0.25) is 5.96 Å². The van der Waals surface area contributed by atoms with Gasteiger partial charge in [0, 0.05) is 0 Å². The Kier molecular flexibility index (Phi) is 2.02. The van der Waals surface area contributed by atoms with Gasteiger partial charge in [-0.15, -0.1) is 0 Å². The third kappa shape index (κ3) is 1.54. The zero-order valence-electron chi connectivity index (χ0n) is 5.33. The third-order valence-electron chi connectivity index (χ3n) is 1.05. The minimum atomic E-state index is -0.498. The summed E-state index contributed by atoms with van der Waals surface area (Å²) in [5.41, 5.74) is 13.1. The van der Waals surface area contributed by atoms with Gasteiger partial charge in [-0.25, -0.2) is 10.8 Å². The molecular weight excluding hydrogens is 134 g/mol. The Hall–Kier alpha value is -0.890. The van der Waals surface area contributed by atoms with Crippen LogP contribution in [0.4, 0.5) is 0 Å². The zero-order chi connectivity index (χ0) is 7.56. The van der Waals surface area contributed by atoms with Gasteiger partial charge in [0.25, 0.3) is 0 Å². The number of nitrogens with one attached hydrogen (secondary N) is 3. The lowest BCUT2D eigenvalue weighted by Gasteiger charge is -2.25. The first-order valence-corrected chi connectivity index (χ1v) is 2.80. The van der Waals surface area contributed by atoms with E-state index >= 15 is 0 Å². The summed E-state index contributed by atoms with van der Waals surface area (Å²) in [7, 11) is 0. The first kappa shape index (κ1) is 7.22. The Bertz CT molecular complexity index is 142. The summed E-state index contributed by atoms with van der Waals surface area (Å²) in [5.74, 6) is 5.43. The smallest absolute Gasteiger partial charge is 0.210 e. The van der Waals surface area contributed by atoms with Crippen LogP contribution in [0.15, 0.2) is 4.99 Å². The summed E-state index contributed by atoms with van der Waals surface area (Å²) in [6.07, 6.45) is -0.902. The summed E-state index contributed by atoms with van der Waals surface area (Å²) in [5, 5.41) is 5.40. The second-order valence-electron chi connectivity index (χ2n) is 1.86. The Morgan fingerprint density at radius 3 is 2.70 bits per heavy atom. The molecule has 58 valence electrons. The molecule has 0 saturated heterocycles. The van der Waals surface area contributed by atoms with Crippen molar-refractivity contribution in [2.24, 2.45) is 22.3 Å². The van der Waals surface area contributed by atoms with Crippen molar-refractivity contribution in [2.45, 2.75) is 12.6 Å². The number of hydrazine groups is 1. The first-order chi connectivity index (χ1) is 4.72. The standard InChI is InChI=1S/C3H11N7/c4-1-7-2(5)9-3(8-1)10-6/h1-2,7H,4-6H2,(H2,8,9,10). The van der Waals surface area contributed by atoms with Crippen LogP contribution in [-0.4, -0.2) is 18.5 Å². The lowest BCUT2D eigenvalue weighted by atomic mass is 10.6. The first-order valence-electron chi connectivity index (χ1n) is 2.80. The molecule has 0 aromatic carbocycles. The second-order valence-corrected chi connectivity index (χ2v) is 1.86. The highest BCUT2D eigenvalue weighted by atomic mass is 15.5. The van der Waals surface area contributed by atoms with Crippen LogP contribution < -0.4 is 33.4 Å². The molecule has 2 atom stereocenters. The zero-order valence-corrected chi connectivity index (χ0v) is 5.33. The quantitative estimate of drug-likeness (QED) is 0.155. The van der Waals surface area contributed by atoms with Crippen molar-refractivity contribution in [3.8, 4) is 0 Å². The van der Waals surface area contributed by atoms with E-state index in [1.54, 1.807) is 0 Å². The van der Waals surface area contributed by atoms with Crippen LogP contribution >= 0.6 is 0 Å². The fraction of sp³-hybridized carbons (Fsp3) is 0.667. The number of rotatable bonds is 0. The number of guanidine groups is 1. The van der Waals surface area contributed by atoms with Crippen LogP contribution in [0.3, 0.4) is 0 Å². The van der Waals surface area contributed by atoms with Crippen LogP contribution in [0.2, 0.25) is 0 Å². The molecule has 0 saturated carbocycles. The van der Waals surface area contributed by atoms with Gasteiger partial charge in [-0.3, -0.25) is 22.2 Å². The van der Waals surface area contributed by atoms with E-state index in [0.717, 1.165) is 0 Å². The minimum absolute atomic E-state index is 0.388. The van der Waals surface area contributed by atoms with E-state index in [0.29, 0.717) is 5.96 Å². The SMILES string of the molecule is NNC1=NC(N)NC(N)N1. The van der Waals surface area contributed by atoms with Crippen LogP contribution in [-0.2, 0) is 0 Å².